The maximum absolute atomic E-state index is 13.8. The molecule has 1 spiro atoms. The number of carbonyl (C=O) groups excluding carboxylic acids is 2. The van der Waals surface area contributed by atoms with E-state index in [4.69, 9.17) is 9.47 Å². The second kappa shape index (κ2) is 7.81. The minimum Gasteiger partial charge on any atom is -0.497 e. The van der Waals surface area contributed by atoms with Crippen LogP contribution in [0.15, 0.2) is 36.5 Å². The molecule has 3 aliphatic heterocycles. The van der Waals surface area contributed by atoms with Crippen LogP contribution in [-0.2, 0) is 9.53 Å². The lowest BCUT2D eigenvalue weighted by Crippen LogP contribution is -2.51. The van der Waals surface area contributed by atoms with Gasteiger partial charge in [0, 0.05) is 44.3 Å². The molecule has 3 aliphatic rings. The lowest BCUT2D eigenvalue weighted by Gasteiger charge is -2.37. The van der Waals surface area contributed by atoms with Crippen molar-refractivity contribution in [1.29, 1.82) is 0 Å². The molecule has 7 nitrogen and oxygen atoms in total. The molecule has 0 radical (unpaired) electrons. The standard InChI is InChI=1S/C23H23F2N3O4/c1-31-17-4-7-26-18(13-17)21(29)27-8-5-23(6-9-27)22(30)28-19(2-3-20(28)32-23)14-10-15(24)12-16(25)11-14/h4,7,10-13,19-20H,2-3,5-6,8-9H2,1H3/t19-,20+/m0/s1. The zero-order valence-electron chi connectivity index (χ0n) is 17.6. The molecule has 168 valence electrons. The molecule has 1 aromatic carbocycles. The first-order valence-electron chi connectivity index (χ1n) is 10.7. The van der Waals surface area contributed by atoms with Gasteiger partial charge in [-0.3, -0.25) is 14.6 Å². The van der Waals surface area contributed by atoms with E-state index in [-0.39, 0.29) is 17.5 Å². The van der Waals surface area contributed by atoms with Crippen molar-refractivity contribution in [3.8, 4) is 5.75 Å². The molecule has 9 heteroatoms. The summed E-state index contributed by atoms with van der Waals surface area (Å²) in [6.07, 6.45) is 3.01. The highest BCUT2D eigenvalue weighted by Gasteiger charge is 2.58. The fraction of sp³-hybridized carbons (Fsp3) is 0.435. The molecule has 0 N–H and O–H groups in total. The number of methoxy groups -OCH3 is 1. The van der Waals surface area contributed by atoms with Crippen molar-refractivity contribution in [3.63, 3.8) is 0 Å². The summed E-state index contributed by atoms with van der Waals surface area (Å²) in [5.74, 6) is -1.17. The van der Waals surface area contributed by atoms with Gasteiger partial charge in [-0.2, -0.15) is 0 Å². The highest BCUT2D eigenvalue weighted by Crippen LogP contribution is 2.47. The summed E-state index contributed by atoms with van der Waals surface area (Å²) in [5.41, 5.74) is -0.281. The predicted molar refractivity (Wildman–Crippen MR) is 109 cm³/mol. The Morgan fingerprint density at radius 1 is 1.16 bits per heavy atom. The number of nitrogens with zero attached hydrogens (tertiary/aromatic N) is 3. The van der Waals surface area contributed by atoms with E-state index >= 15 is 0 Å². The number of hydrogen-bond donors (Lipinski definition) is 0. The normalized spacial score (nSPS) is 24.2. The Morgan fingerprint density at radius 2 is 1.88 bits per heavy atom. The smallest absolute Gasteiger partial charge is 0.272 e. The summed E-state index contributed by atoms with van der Waals surface area (Å²) in [6.45, 7) is 0.701. The molecule has 2 amide bonds. The SMILES string of the molecule is COc1ccnc(C(=O)N2CCC3(CC2)O[C@@H]2CC[C@@H](c4cc(F)cc(F)c4)N2C3=O)c1. The van der Waals surface area contributed by atoms with E-state index in [1.54, 1.807) is 21.9 Å². The van der Waals surface area contributed by atoms with Crippen molar-refractivity contribution < 1.29 is 27.8 Å². The van der Waals surface area contributed by atoms with E-state index in [2.05, 4.69) is 4.98 Å². The molecule has 0 aliphatic carbocycles. The average Bonchev–Trinajstić information content (AvgIpc) is 3.31. The predicted octanol–water partition coefficient (Wildman–Crippen LogP) is 3.06. The van der Waals surface area contributed by atoms with Crippen LogP contribution >= 0.6 is 0 Å². The highest BCUT2D eigenvalue weighted by molar-refractivity contribution is 5.93. The third-order valence-corrected chi connectivity index (χ3v) is 6.63. The van der Waals surface area contributed by atoms with Crippen molar-refractivity contribution in [2.75, 3.05) is 20.2 Å². The van der Waals surface area contributed by atoms with Gasteiger partial charge in [0.2, 0.25) is 0 Å². The number of benzene rings is 1. The fourth-order valence-electron chi connectivity index (χ4n) is 5.03. The number of likely N-dealkylation sites (tertiary alicyclic amines) is 1. The van der Waals surface area contributed by atoms with Crippen LogP contribution in [0.1, 0.15) is 47.8 Å². The van der Waals surface area contributed by atoms with Gasteiger partial charge in [0.1, 0.15) is 29.3 Å². The molecule has 5 rings (SSSR count). The van der Waals surface area contributed by atoms with Gasteiger partial charge in [-0.1, -0.05) is 0 Å². The topological polar surface area (TPSA) is 72.0 Å². The third kappa shape index (κ3) is 3.40. The van der Waals surface area contributed by atoms with Crippen molar-refractivity contribution in [2.45, 2.75) is 43.6 Å². The van der Waals surface area contributed by atoms with Gasteiger partial charge < -0.3 is 19.3 Å². The average molecular weight is 443 g/mol. The molecule has 0 saturated carbocycles. The Bertz CT molecular complexity index is 1050. The molecule has 2 aromatic rings. The number of amides is 2. The Hall–Kier alpha value is -3.07. The van der Waals surface area contributed by atoms with Crippen LogP contribution in [0.3, 0.4) is 0 Å². The van der Waals surface area contributed by atoms with Crippen LogP contribution in [0.5, 0.6) is 5.75 Å². The second-order valence-corrected chi connectivity index (χ2v) is 8.45. The Morgan fingerprint density at radius 3 is 2.56 bits per heavy atom. The van der Waals surface area contributed by atoms with Crippen LogP contribution in [0, 0.1) is 11.6 Å². The second-order valence-electron chi connectivity index (χ2n) is 8.45. The first-order chi connectivity index (χ1) is 15.4. The van der Waals surface area contributed by atoms with Gasteiger partial charge in [0.25, 0.3) is 11.8 Å². The van der Waals surface area contributed by atoms with Gasteiger partial charge in [0.05, 0.1) is 13.2 Å². The molecule has 32 heavy (non-hydrogen) atoms. The summed E-state index contributed by atoms with van der Waals surface area (Å²) in [4.78, 5) is 33.7. The molecule has 3 fully saturated rings. The monoisotopic (exact) mass is 443 g/mol. The van der Waals surface area contributed by atoms with Gasteiger partial charge in [-0.05, 0) is 36.6 Å². The maximum Gasteiger partial charge on any atom is 0.272 e. The van der Waals surface area contributed by atoms with Crippen LogP contribution < -0.4 is 4.74 Å². The van der Waals surface area contributed by atoms with Crippen LogP contribution in [-0.4, -0.2) is 58.6 Å². The van der Waals surface area contributed by atoms with E-state index in [0.717, 1.165) is 6.07 Å². The fourth-order valence-corrected chi connectivity index (χ4v) is 5.03. The third-order valence-electron chi connectivity index (χ3n) is 6.63. The summed E-state index contributed by atoms with van der Waals surface area (Å²) in [5, 5.41) is 0. The van der Waals surface area contributed by atoms with Crippen molar-refractivity contribution >= 4 is 11.8 Å². The molecule has 0 unspecified atom stereocenters. The minimum atomic E-state index is -1.01. The van der Waals surface area contributed by atoms with Gasteiger partial charge >= 0.3 is 0 Å². The largest absolute Gasteiger partial charge is 0.497 e. The van der Waals surface area contributed by atoms with Gasteiger partial charge in [-0.25, -0.2) is 8.78 Å². The molecular weight excluding hydrogens is 420 g/mol. The van der Waals surface area contributed by atoms with Crippen molar-refractivity contribution in [2.24, 2.45) is 0 Å². The molecule has 4 heterocycles. The van der Waals surface area contributed by atoms with Crippen molar-refractivity contribution in [1.82, 2.24) is 14.8 Å². The van der Waals surface area contributed by atoms with Gasteiger partial charge in [-0.15, -0.1) is 0 Å². The molecule has 0 bridgehead atoms. The number of fused-ring (bicyclic) bond motifs is 1. The summed E-state index contributed by atoms with van der Waals surface area (Å²) in [6, 6.07) is 6.21. The number of ether oxygens (including phenoxy) is 2. The summed E-state index contributed by atoms with van der Waals surface area (Å²) < 4.78 is 38.9. The highest BCUT2D eigenvalue weighted by atomic mass is 19.1. The van der Waals surface area contributed by atoms with E-state index < -0.39 is 29.5 Å². The quantitative estimate of drug-likeness (QED) is 0.729. The van der Waals surface area contributed by atoms with E-state index in [9.17, 15) is 18.4 Å². The summed E-state index contributed by atoms with van der Waals surface area (Å²) in [7, 11) is 1.52. The molecule has 1 aromatic heterocycles. The van der Waals surface area contributed by atoms with Crippen LogP contribution in [0.2, 0.25) is 0 Å². The number of hydrogen-bond acceptors (Lipinski definition) is 5. The van der Waals surface area contributed by atoms with Crippen LogP contribution in [0.4, 0.5) is 8.78 Å². The first kappa shape index (κ1) is 20.8. The Labute approximate surface area is 183 Å². The number of halogens is 2. The number of piperidine rings is 1. The van der Waals surface area contributed by atoms with Gasteiger partial charge in [0.15, 0.2) is 5.60 Å². The zero-order chi connectivity index (χ0) is 22.5. The number of rotatable bonds is 3. The Balaban J connectivity index is 1.30. The molecule has 2 atom stereocenters. The maximum atomic E-state index is 13.8. The minimum absolute atomic E-state index is 0.165. The number of carbonyl (C=O) groups is 2. The number of pyridine rings is 1. The Kier molecular flexibility index (Phi) is 5.08. The van der Waals surface area contributed by atoms with E-state index in [1.165, 1.54) is 25.4 Å². The van der Waals surface area contributed by atoms with Crippen molar-refractivity contribution in [3.05, 3.63) is 59.4 Å². The van der Waals surface area contributed by atoms with Crippen LogP contribution in [0.25, 0.3) is 0 Å². The molecule has 3 saturated heterocycles. The number of aromatic nitrogens is 1. The zero-order valence-corrected chi connectivity index (χ0v) is 17.6. The van der Waals surface area contributed by atoms with E-state index in [1.807, 2.05) is 0 Å². The first-order valence-corrected chi connectivity index (χ1v) is 10.7. The van der Waals surface area contributed by atoms with E-state index in [0.29, 0.717) is 50.1 Å². The lowest BCUT2D eigenvalue weighted by atomic mass is 9.89. The summed E-state index contributed by atoms with van der Waals surface area (Å²) >= 11 is 0. The molecular formula is C23H23F2N3O4. The lowest BCUT2D eigenvalue weighted by molar-refractivity contribution is -0.142.